The molecule has 0 radical (unpaired) electrons. The van der Waals surface area contributed by atoms with Crippen molar-refractivity contribution in [3.63, 3.8) is 0 Å². The number of halogens is 2. The highest BCUT2D eigenvalue weighted by Gasteiger charge is 2.24. The summed E-state index contributed by atoms with van der Waals surface area (Å²) in [4.78, 5) is 29.1. The summed E-state index contributed by atoms with van der Waals surface area (Å²) < 4.78 is 4.82. The number of amides is 1. The van der Waals surface area contributed by atoms with Crippen molar-refractivity contribution in [1.29, 1.82) is 0 Å². The van der Waals surface area contributed by atoms with Crippen LogP contribution in [-0.4, -0.2) is 30.0 Å². The van der Waals surface area contributed by atoms with Gasteiger partial charge in [0.15, 0.2) is 0 Å². The number of hydrogen-bond donors (Lipinski definition) is 1. The Kier molecular flexibility index (Phi) is 5.94. The van der Waals surface area contributed by atoms with Gasteiger partial charge in [-0.1, -0.05) is 47.5 Å². The number of nitrogens with zero attached hydrogens (tertiary/aromatic N) is 1. The number of ether oxygens (including phenoxy) is 1. The lowest BCUT2D eigenvalue weighted by molar-refractivity contribution is -0.142. The summed E-state index contributed by atoms with van der Waals surface area (Å²) in [5, 5.41) is 4.43. The molecule has 0 fully saturated rings. The molecule has 5 nitrogen and oxygen atoms in total. The second-order valence-corrected chi connectivity index (χ2v) is 6.75. The molecule has 7 heteroatoms. The van der Waals surface area contributed by atoms with E-state index < -0.39 is 17.9 Å². The van der Waals surface area contributed by atoms with Crippen molar-refractivity contribution >= 4 is 46.0 Å². The van der Waals surface area contributed by atoms with Crippen LogP contribution >= 0.6 is 23.2 Å². The molecule has 3 aromatic rings. The number of fused-ring (bicyclic) bond motifs is 1. The van der Waals surface area contributed by atoms with Crippen LogP contribution in [0.5, 0.6) is 0 Å². The smallest absolute Gasteiger partial charge is 0.328 e. The Hall–Kier alpha value is -2.63. The van der Waals surface area contributed by atoms with E-state index in [1.54, 1.807) is 24.3 Å². The first-order chi connectivity index (χ1) is 13.0. The van der Waals surface area contributed by atoms with Crippen LogP contribution in [0.3, 0.4) is 0 Å². The number of carbonyl (C=O) groups is 2. The number of hydrogen-bond acceptors (Lipinski definition) is 4. The minimum absolute atomic E-state index is 0.176. The molecule has 1 aromatic heterocycles. The van der Waals surface area contributed by atoms with Crippen LogP contribution in [0.2, 0.25) is 10.0 Å². The van der Waals surface area contributed by atoms with Crippen LogP contribution in [0.1, 0.15) is 15.9 Å². The summed E-state index contributed by atoms with van der Waals surface area (Å²) in [5.74, 6) is -0.989. The van der Waals surface area contributed by atoms with Crippen molar-refractivity contribution in [1.82, 2.24) is 10.3 Å². The van der Waals surface area contributed by atoms with E-state index in [0.29, 0.717) is 21.2 Å². The number of methoxy groups -OCH3 is 1. The third-order valence-corrected chi connectivity index (χ3v) is 4.67. The molecule has 0 aliphatic rings. The molecule has 0 bridgehead atoms. The maximum Gasteiger partial charge on any atom is 0.328 e. The average Bonchev–Trinajstić information content (AvgIpc) is 2.68. The van der Waals surface area contributed by atoms with Gasteiger partial charge in [-0.15, -0.1) is 0 Å². The van der Waals surface area contributed by atoms with E-state index in [9.17, 15) is 9.59 Å². The molecule has 1 N–H and O–H groups in total. The predicted octanol–water partition coefficient (Wildman–Crippen LogP) is 4.06. The summed E-state index contributed by atoms with van der Waals surface area (Å²) in [7, 11) is 1.27. The Morgan fingerprint density at radius 1 is 1.15 bits per heavy atom. The number of esters is 1. The summed E-state index contributed by atoms with van der Waals surface area (Å²) in [5.41, 5.74) is 1.81. The molecule has 0 aliphatic carbocycles. The van der Waals surface area contributed by atoms with E-state index in [4.69, 9.17) is 27.9 Å². The van der Waals surface area contributed by atoms with Crippen molar-refractivity contribution in [2.24, 2.45) is 0 Å². The largest absolute Gasteiger partial charge is 0.467 e. The van der Waals surface area contributed by atoms with E-state index in [1.807, 2.05) is 24.3 Å². The fraction of sp³-hybridized carbons (Fsp3) is 0.150. The van der Waals surface area contributed by atoms with Gasteiger partial charge >= 0.3 is 5.97 Å². The van der Waals surface area contributed by atoms with Crippen LogP contribution in [0, 0.1) is 0 Å². The number of aromatic nitrogens is 1. The molecular weight excluding hydrogens is 387 g/mol. The Morgan fingerprint density at radius 3 is 2.67 bits per heavy atom. The number of carbonyl (C=O) groups excluding carboxylic acids is 2. The summed E-state index contributed by atoms with van der Waals surface area (Å²) in [6.07, 6.45) is 1.65. The number of rotatable bonds is 5. The lowest BCUT2D eigenvalue weighted by atomic mass is 10.1. The SMILES string of the molecule is COC(=O)[C@H](Cc1ccc(Cl)cc1Cl)NC(=O)c1cnc2ccccc2c1. The monoisotopic (exact) mass is 402 g/mol. The normalized spacial score (nSPS) is 11.8. The highest BCUT2D eigenvalue weighted by Crippen LogP contribution is 2.22. The molecule has 0 spiro atoms. The van der Waals surface area contributed by atoms with Crippen molar-refractivity contribution in [2.45, 2.75) is 12.5 Å². The minimum Gasteiger partial charge on any atom is -0.467 e. The zero-order valence-corrected chi connectivity index (χ0v) is 15.9. The minimum atomic E-state index is -0.896. The third kappa shape index (κ3) is 4.56. The van der Waals surface area contributed by atoms with Gasteiger partial charge in [-0.3, -0.25) is 9.78 Å². The maximum atomic E-state index is 12.6. The molecule has 27 heavy (non-hydrogen) atoms. The second kappa shape index (κ2) is 8.37. The quantitative estimate of drug-likeness (QED) is 0.653. The molecule has 1 atom stereocenters. The fourth-order valence-corrected chi connectivity index (χ4v) is 3.17. The van der Waals surface area contributed by atoms with Gasteiger partial charge in [0.1, 0.15) is 6.04 Å². The molecule has 3 rings (SSSR count). The molecule has 0 aliphatic heterocycles. The Bertz CT molecular complexity index is 1010. The van der Waals surface area contributed by atoms with E-state index in [0.717, 1.165) is 10.9 Å². The first-order valence-electron chi connectivity index (χ1n) is 8.15. The number of benzene rings is 2. The van der Waals surface area contributed by atoms with Crippen molar-refractivity contribution < 1.29 is 14.3 Å². The van der Waals surface area contributed by atoms with Gasteiger partial charge in [-0.05, 0) is 29.8 Å². The predicted molar refractivity (Wildman–Crippen MR) is 105 cm³/mol. The van der Waals surface area contributed by atoms with Crippen molar-refractivity contribution in [3.8, 4) is 0 Å². The molecule has 1 amide bonds. The lowest BCUT2D eigenvalue weighted by Crippen LogP contribution is -2.43. The highest BCUT2D eigenvalue weighted by molar-refractivity contribution is 6.35. The average molecular weight is 403 g/mol. The Labute approximate surface area is 166 Å². The van der Waals surface area contributed by atoms with Gasteiger partial charge in [-0.25, -0.2) is 4.79 Å². The fourth-order valence-electron chi connectivity index (χ4n) is 2.68. The van der Waals surface area contributed by atoms with Gasteiger partial charge in [0, 0.05) is 28.0 Å². The van der Waals surface area contributed by atoms with Crippen LogP contribution in [-0.2, 0) is 16.0 Å². The Balaban J connectivity index is 1.82. The maximum absolute atomic E-state index is 12.6. The third-order valence-electron chi connectivity index (χ3n) is 4.08. The van der Waals surface area contributed by atoms with Crippen LogP contribution in [0.25, 0.3) is 10.9 Å². The molecule has 0 saturated carbocycles. The zero-order valence-electron chi connectivity index (χ0n) is 14.4. The summed E-state index contributed by atoms with van der Waals surface area (Å²) >= 11 is 12.1. The van der Waals surface area contributed by atoms with E-state index in [1.165, 1.54) is 13.3 Å². The van der Waals surface area contributed by atoms with Gasteiger partial charge in [0.05, 0.1) is 18.2 Å². The standard InChI is InChI=1S/C20H16Cl2N2O3/c1-27-20(26)18(9-12-6-7-15(21)10-16(12)22)24-19(25)14-8-13-4-2-3-5-17(13)23-11-14/h2-8,10-11,18H,9H2,1H3,(H,24,25)/t18-/m0/s1. The van der Waals surface area contributed by atoms with Crippen molar-refractivity contribution in [3.05, 3.63) is 75.9 Å². The molecule has 0 saturated heterocycles. The summed E-state index contributed by atoms with van der Waals surface area (Å²) in [6, 6.07) is 13.3. The molecule has 2 aromatic carbocycles. The topological polar surface area (TPSA) is 68.3 Å². The van der Waals surface area contributed by atoms with Crippen molar-refractivity contribution in [2.75, 3.05) is 7.11 Å². The van der Waals surface area contributed by atoms with E-state index in [-0.39, 0.29) is 6.42 Å². The van der Waals surface area contributed by atoms with Gasteiger partial charge in [0.2, 0.25) is 0 Å². The van der Waals surface area contributed by atoms with Crippen LogP contribution in [0.4, 0.5) is 0 Å². The second-order valence-electron chi connectivity index (χ2n) is 5.91. The van der Waals surface area contributed by atoms with E-state index in [2.05, 4.69) is 10.3 Å². The van der Waals surface area contributed by atoms with Gasteiger partial charge < -0.3 is 10.1 Å². The highest BCUT2D eigenvalue weighted by atomic mass is 35.5. The van der Waals surface area contributed by atoms with Crippen LogP contribution < -0.4 is 5.32 Å². The lowest BCUT2D eigenvalue weighted by Gasteiger charge is -2.17. The van der Waals surface area contributed by atoms with Crippen LogP contribution in [0.15, 0.2) is 54.7 Å². The number of pyridine rings is 1. The molecule has 138 valence electrons. The molecular formula is C20H16Cl2N2O3. The molecule has 1 heterocycles. The molecule has 0 unspecified atom stereocenters. The van der Waals surface area contributed by atoms with Gasteiger partial charge in [0.25, 0.3) is 5.91 Å². The number of para-hydroxylation sites is 1. The first-order valence-corrected chi connectivity index (χ1v) is 8.91. The first kappa shape index (κ1) is 19.1. The Morgan fingerprint density at radius 2 is 1.93 bits per heavy atom. The van der Waals surface area contributed by atoms with E-state index >= 15 is 0 Å². The number of nitrogens with one attached hydrogen (secondary N) is 1. The summed E-state index contributed by atoms with van der Waals surface area (Å²) in [6.45, 7) is 0. The van der Waals surface area contributed by atoms with Gasteiger partial charge in [-0.2, -0.15) is 0 Å². The zero-order chi connectivity index (χ0) is 19.4.